The number of aryl methyl sites for hydroxylation is 1. The maximum absolute atomic E-state index is 13.5. The topological polar surface area (TPSA) is 95.6 Å². The van der Waals surface area contributed by atoms with Crippen molar-refractivity contribution in [2.24, 2.45) is 0 Å². The van der Waals surface area contributed by atoms with Gasteiger partial charge in [0.15, 0.2) is 0 Å². The number of carbonyl (C=O) groups excluding carboxylic acids is 2. The molecule has 3 aromatic carbocycles. The number of halogens is 1. The maximum atomic E-state index is 13.5. The van der Waals surface area contributed by atoms with E-state index in [0.717, 1.165) is 16.3 Å². The van der Waals surface area contributed by atoms with Crippen molar-refractivity contribution in [2.75, 3.05) is 16.2 Å². The van der Waals surface area contributed by atoms with E-state index < -0.39 is 22.5 Å². The fraction of sp³-hybridized carbons (Fsp3) is 0.231. The van der Waals surface area contributed by atoms with Crippen molar-refractivity contribution in [3.05, 3.63) is 88.9 Å². The quantitative estimate of drug-likeness (QED) is 0.420. The molecule has 7 nitrogen and oxygen atoms in total. The maximum Gasteiger partial charge on any atom is 0.264 e. The summed E-state index contributed by atoms with van der Waals surface area (Å²) in [5.41, 5.74) is 1.73. The summed E-state index contributed by atoms with van der Waals surface area (Å²) in [4.78, 5) is 25.8. The summed E-state index contributed by atoms with van der Waals surface area (Å²) >= 11 is 6.11. The lowest BCUT2D eigenvalue weighted by Gasteiger charge is -2.24. The lowest BCUT2D eigenvalue weighted by molar-refractivity contribution is -0.114. The molecule has 184 valence electrons. The van der Waals surface area contributed by atoms with E-state index >= 15 is 0 Å². The Balaban J connectivity index is 1.91. The van der Waals surface area contributed by atoms with Crippen molar-refractivity contribution in [3.63, 3.8) is 0 Å². The molecule has 0 fully saturated rings. The van der Waals surface area contributed by atoms with Gasteiger partial charge in [-0.1, -0.05) is 54.4 Å². The van der Waals surface area contributed by atoms with Gasteiger partial charge in [0.1, 0.15) is 6.54 Å². The highest BCUT2D eigenvalue weighted by Gasteiger charge is 2.28. The molecule has 0 aliphatic heterocycles. The molecule has 0 aromatic heterocycles. The number of hydrogen-bond donors (Lipinski definition) is 2. The van der Waals surface area contributed by atoms with Crippen molar-refractivity contribution < 1.29 is 18.0 Å². The number of benzene rings is 3. The first-order valence-electron chi connectivity index (χ1n) is 11.2. The minimum atomic E-state index is -4.09. The highest BCUT2D eigenvalue weighted by Crippen LogP contribution is 2.26. The van der Waals surface area contributed by atoms with Crippen LogP contribution in [0.15, 0.2) is 77.7 Å². The van der Waals surface area contributed by atoms with E-state index in [0.29, 0.717) is 5.02 Å². The molecule has 35 heavy (non-hydrogen) atoms. The van der Waals surface area contributed by atoms with E-state index in [4.69, 9.17) is 11.6 Å². The SMILES string of the molecule is CC[C@@H](C)NC(=O)c1ccccc1NC(=O)CN(c1cccc(Cl)c1)S(=O)(=O)c1ccc(C)cc1. The molecule has 0 aliphatic carbocycles. The first-order chi connectivity index (χ1) is 16.6. The Labute approximate surface area is 211 Å². The number of sulfonamides is 1. The van der Waals surface area contributed by atoms with E-state index in [1.165, 1.54) is 18.2 Å². The molecule has 0 saturated carbocycles. The zero-order valence-corrected chi connectivity index (χ0v) is 21.4. The second-order valence-electron chi connectivity index (χ2n) is 8.18. The largest absolute Gasteiger partial charge is 0.350 e. The highest BCUT2D eigenvalue weighted by molar-refractivity contribution is 7.92. The number of amides is 2. The van der Waals surface area contributed by atoms with Crippen LogP contribution in [0.25, 0.3) is 0 Å². The van der Waals surface area contributed by atoms with E-state index in [-0.39, 0.29) is 33.8 Å². The average Bonchev–Trinajstić information content (AvgIpc) is 2.83. The Bertz CT molecular complexity index is 1310. The van der Waals surface area contributed by atoms with Crippen LogP contribution in [0.4, 0.5) is 11.4 Å². The lowest BCUT2D eigenvalue weighted by atomic mass is 10.1. The highest BCUT2D eigenvalue weighted by atomic mass is 35.5. The first kappa shape index (κ1) is 26.2. The number of rotatable bonds is 9. The molecule has 0 unspecified atom stereocenters. The van der Waals surface area contributed by atoms with Gasteiger partial charge in [-0.25, -0.2) is 8.42 Å². The molecule has 2 N–H and O–H groups in total. The Kier molecular flexibility index (Phi) is 8.53. The van der Waals surface area contributed by atoms with Crippen LogP contribution in [0.3, 0.4) is 0 Å². The fourth-order valence-corrected chi connectivity index (χ4v) is 4.90. The summed E-state index contributed by atoms with van der Waals surface area (Å²) in [6.07, 6.45) is 0.756. The molecule has 3 aromatic rings. The smallest absolute Gasteiger partial charge is 0.264 e. The van der Waals surface area contributed by atoms with Gasteiger partial charge in [0.2, 0.25) is 5.91 Å². The summed E-state index contributed by atoms with van der Waals surface area (Å²) in [5, 5.41) is 5.90. The van der Waals surface area contributed by atoms with Crippen molar-refractivity contribution in [3.8, 4) is 0 Å². The minimum Gasteiger partial charge on any atom is -0.350 e. The Morgan fingerprint density at radius 2 is 1.69 bits per heavy atom. The van der Waals surface area contributed by atoms with Crippen LogP contribution in [-0.4, -0.2) is 32.8 Å². The van der Waals surface area contributed by atoms with Gasteiger partial charge in [-0.05, 0) is 62.7 Å². The third kappa shape index (κ3) is 6.61. The van der Waals surface area contributed by atoms with Crippen LogP contribution in [0.1, 0.15) is 36.2 Å². The Hall–Kier alpha value is -3.36. The van der Waals surface area contributed by atoms with Crippen molar-refractivity contribution >= 4 is 44.8 Å². The summed E-state index contributed by atoms with van der Waals surface area (Å²) in [6.45, 7) is 5.18. The van der Waals surface area contributed by atoms with E-state index in [9.17, 15) is 18.0 Å². The molecule has 0 spiro atoms. The van der Waals surface area contributed by atoms with Gasteiger partial charge in [-0.2, -0.15) is 0 Å². The molecule has 0 saturated heterocycles. The predicted molar refractivity (Wildman–Crippen MR) is 139 cm³/mol. The van der Waals surface area contributed by atoms with Crippen LogP contribution in [0.2, 0.25) is 5.02 Å². The van der Waals surface area contributed by atoms with Gasteiger partial charge in [0, 0.05) is 11.1 Å². The zero-order valence-electron chi connectivity index (χ0n) is 19.8. The summed E-state index contributed by atoms with van der Waals surface area (Å²) < 4.78 is 28.0. The number of anilines is 2. The molecule has 9 heteroatoms. The molecule has 3 rings (SSSR count). The second-order valence-corrected chi connectivity index (χ2v) is 10.5. The monoisotopic (exact) mass is 513 g/mol. The van der Waals surface area contributed by atoms with Gasteiger partial charge in [-0.3, -0.25) is 13.9 Å². The molecule has 0 aliphatic rings. The zero-order chi connectivity index (χ0) is 25.6. The first-order valence-corrected chi connectivity index (χ1v) is 13.0. The van der Waals surface area contributed by atoms with E-state index in [1.807, 2.05) is 20.8 Å². The van der Waals surface area contributed by atoms with Crippen LogP contribution in [-0.2, 0) is 14.8 Å². The van der Waals surface area contributed by atoms with E-state index in [1.54, 1.807) is 54.6 Å². The summed E-state index contributed by atoms with van der Waals surface area (Å²) in [5.74, 6) is -0.932. The van der Waals surface area contributed by atoms with Crippen LogP contribution in [0, 0.1) is 6.92 Å². The normalized spacial score (nSPS) is 12.0. The standard InChI is InChI=1S/C26H28ClN3O4S/c1-4-19(3)28-26(32)23-10-5-6-11-24(23)29-25(31)17-30(21-9-7-8-20(27)16-21)35(33,34)22-14-12-18(2)13-15-22/h5-16,19H,4,17H2,1-3H3,(H,28,32)(H,29,31)/t19-/m1/s1. The van der Waals surface area contributed by atoms with Gasteiger partial charge >= 0.3 is 0 Å². The molecule has 2 amide bonds. The summed E-state index contributed by atoms with van der Waals surface area (Å²) in [6, 6.07) is 19.2. The van der Waals surface area contributed by atoms with Gasteiger partial charge in [-0.15, -0.1) is 0 Å². The lowest BCUT2D eigenvalue weighted by Crippen LogP contribution is -2.38. The molecular formula is C26H28ClN3O4S. The molecule has 0 bridgehead atoms. The van der Waals surface area contributed by atoms with Crippen LogP contribution in [0.5, 0.6) is 0 Å². The number of carbonyl (C=O) groups is 2. The molecule has 0 heterocycles. The van der Waals surface area contributed by atoms with Crippen molar-refractivity contribution in [1.82, 2.24) is 5.32 Å². The summed E-state index contributed by atoms with van der Waals surface area (Å²) in [7, 11) is -4.09. The molecule has 0 radical (unpaired) electrons. The van der Waals surface area contributed by atoms with E-state index in [2.05, 4.69) is 10.6 Å². The molecular weight excluding hydrogens is 486 g/mol. The molecule has 1 atom stereocenters. The number of nitrogens with zero attached hydrogens (tertiary/aromatic N) is 1. The van der Waals surface area contributed by atoms with Crippen molar-refractivity contribution in [2.45, 2.75) is 38.1 Å². The second kappa shape index (κ2) is 11.4. The Morgan fingerprint density at radius 3 is 2.34 bits per heavy atom. The third-order valence-corrected chi connectivity index (χ3v) is 7.45. The van der Waals surface area contributed by atoms with Gasteiger partial charge in [0.25, 0.3) is 15.9 Å². The van der Waals surface area contributed by atoms with Gasteiger partial charge < -0.3 is 10.6 Å². The predicted octanol–water partition coefficient (Wildman–Crippen LogP) is 5.01. The Morgan fingerprint density at radius 1 is 1.00 bits per heavy atom. The van der Waals surface area contributed by atoms with Crippen LogP contribution < -0.4 is 14.9 Å². The van der Waals surface area contributed by atoms with Crippen molar-refractivity contribution in [1.29, 1.82) is 0 Å². The number of hydrogen-bond acceptors (Lipinski definition) is 4. The number of nitrogens with one attached hydrogen (secondary N) is 2. The van der Waals surface area contributed by atoms with Gasteiger partial charge in [0.05, 0.1) is 21.8 Å². The third-order valence-electron chi connectivity index (χ3n) is 5.43. The number of para-hydroxylation sites is 1. The van der Waals surface area contributed by atoms with Crippen LogP contribution >= 0.6 is 11.6 Å². The average molecular weight is 514 g/mol. The minimum absolute atomic E-state index is 0.0377. The fourth-order valence-electron chi connectivity index (χ4n) is 3.30.